The molecule has 31 unspecified atom stereocenters. The lowest BCUT2D eigenvalue weighted by molar-refractivity contribution is -0.379. The van der Waals surface area contributed by atoms with Gasteiger partial charge in [0.15, 0.2) is 37.2 Å². The molecule has 6 aliphatic heterocycles. The first-order valence-electron chi connectivity index (χ1n) is 41.6. The average Bonchev–Trinajstić information content (AvgIpc) is 1.50. The average molecular weight is 1570 g/mol. The second-order valence-electron chi connectivity index (χ2n) is 33.5. The molecule has 1 aliphatic carbocycles. The van der Waals surface area contributed by atoms with Gasteiger partial charge in [-0.15, -0.1) is 0 Å². The van der Waals surface area contributed by atoms with Crippen molar-refractivity contribution in [3.63, 3.8) is 0 Å². The SMILES string of the molecule is CCC1OC(OC2C(OCC3OC(OC4C(COCc5ccccc5)OC(OC5C(OCc6ccccc6)C(C)C(OCc6ccccc6)C6OC(C)(C)OC56)C(N=[N+]=[N-])C4C)C(OCc4ccccc4)C(C)C3C)OC(COCc3ccccc3)C(C)C2C)C(OC2OC(COCc3ccccc3)C(C)C(C)C2O)C(C)C1C. The van der Waals surface area contributed by atoms with E-state index in [2.05, 4.69) is 84.5 Å². The van der Waals surface area contributed by atoms with Gasteiger partial charge in [0.1, 0.15) is 48.8 Å². The Balaban J connectivity index is 0.791. The van der Waals surface area contributed by atoms with Crippen molar-refractivity contribution in [1.82, 2.24) is 0 Å². The first kappa shape index (κ1) is 85.7. The highest BCUT2D eigenvalue weighted by atomic mass is 16.8. The third kappa shape index (κ3) is 21.1. The fourth-order valence-corrected chi connectivity index (χ4v) is 17.6. The van der Waals surface area contributed by atoms with Gasteiger partial charge in [-0.2, -0.15) is 0 Å². The summed E-state index contributed by atoms with van der Waals surface area (Å²) < 4.78 is 127. The maximum absolute atomic E-state index is 12.1. The van der Waals surface area contributed by atoms with Crippen molar-refractivity contribution in [1.29, 1.82) is 0 Å². The fraction of sp³-hybridized carbons (Fsp3) is 0.609. The van der Waals surface area contributed by atoms with Crippen molar-refractivity contribution in [2.75, 3.05) is 26.4 Å². The zero-order valence-electron chi connectivity index (χ0n) is 68.6. The van der Waals surface area contributed by atoms with Gasteiger partial charge in [-0.25, -0.2) is 0 Å². The molecule has 0 bridgehead atoms. The Kier molecular flexibility index (Phi) is 30.5. The molecule has 6 aromatic carbocycles. The Labute approximate surface area is 674 Å². The molecule has 0 radical (unpaired) electrons. The first-order valence-corrected chi connectivity index (χ1v) is 41.6. The van der Waals surface area contributed by atoms with Crippen molar-refractivity contribution in [3.8, 4) is 0 Å². The van der Waals surface area contributed by atoms with E-state index in [1.807, 2.05) is 198 Å². The predicted octanol–water partition coefficient (Wildman–Crippen LogP) is 15.9. The Morgan fingerprint density at radius 3 is 1.16 bits per heavy atom. The van der Waals surface area contributed by atoms with Crippen molar-refractivity contribution >= 4 is 0 Å². The van der Waals surface area contributed by atoms with Gasteiger partial charge in [-0.3, -0.25) is 0 Å². The van der Waals surface area contributed by atoms with E-state index in [4.69, 9.17) is 85.3 Å². The normalized spacial score (nSPS) is 37.5. The van der Waals surface area contributed by atoms with E-state index in [0.717, 1.165) is 39.8 Å². The summed E-state index contributed by atoms with van der Waals surface area (Å²) in [5, 5.41) is 16.6. The third-order valence-electron chi connectivity index (χ3n) is 25.5. The largest absolute Gasteiger partial charge is 0.388 e. The van der Waals surface area contributed by atoms with Gasteiger partial charge >= 0.3 is 0 Å². The van der Waals surface area contributed by atoms with Crippen LogP contribution in [0.15, 0.2) is 187 Å². The van der Waals surface area contributed by atoms with Gasteiger partial charge < -0.3 is 90.4 Å². The van der Waals surface area contributed by atoms with Crippen LogP contribution in [0.5, 0.6) is 0 Å². The topological polar surface area (TPSA) is 235 Å². The standard InChI is InChI=1S/C92H123N3O19/c1-14-71-56(3)61(8)83(110-88-77(96)59(6)55(2)72(105-88)51-97-45-65-33-21-15-22-34-65)91(104-71)111-82-62(9)58(5)73(52-98-46-66-35-23-16-24-36-66)106-89(82)103-54-74-57(4)60(7)81(102-50-70-43-31-20-32-44-70)90(107-74)109-78-63(10)76(94-95-93)87(108-75(78)53-99-47-67-37-25-17-26-38-67)112-84-79(100-48-68-39-27-18-28-40-68)64(11)80(85-86(84)114-92(12,13)113-85)101-49-69-41-29-19-30-42-69/h15-44,55-64,71-91,96H,14,45-54H2,1-13H3. The van der Waals surface area contributed by atoms with E-state index in [1.54, 1.807) is 0 Å². The summed E-state index contributed by atoms with van der Waals surface area (Å²) in [5.74, 6) is -2.88. The van der Waals surface area contributed by atoms with E-state index in [0.29, 0.717) is 26.4 Å². The van der Waals surface area contributed by atoms with Gasteiger partial charge in [-0.1, -0.05) is 263 Å². The molecule has 7 aliphatic rings. The van der Waals surface area contributed by atoms with E-state index >= 15 is 0 Å². The fourth-order valence-electron chi connectivity index (χ4n) is 17.6. The minimum atomic E-state index is -1.18. The van der Waals surface area contributed by atoms with Crippen LogP contribution in [0.1, 0.15) is 130 Å². The van der Waals surface area contributed by atoms with Crippen LogP contribution >= 0.6 is 0 Å². The highest BCUT2D eigenvalue weighted by Gasteiger charge is 2.61. The number of aliphatic hydroxyl groups is 1. The number of ether oxygens (including phenoxy) is 18. The zero-order chi connectivity index (χ0) is 80.0. The number of azide groups is 1. The number of aliphatic hydroxyl groups excluding tert-OH is 1. The minimum Gasteiger partial charge on any atom is -0.388 e. The number of nitrogens with zero attached hydrogens (tertiary/aromatic N) is 3. The number of rotatable bonds is 34. The lowest BCUT2D eigenvalue weighted by Crippen LogP contribution is -2.64. The molecule has 7 fully saturated rings. The van der Waals surface area contributed by atoms with Gasteiger partial charge in [0.05, 0.1) is 115 Å². The van der Waals surface area contributed by atoms with Crippen LogP contribution in [0.4, 0.5) is 0 Å². The van der Waals surface area contributed by atoms with Crippen molar-refractivity contribution in [2.45, 2.75) is 271 Å². The molecule has 6 aromatic rings. The summed E-state index contributed by atoms with van der Waals surface area (Å²) in [6.07, 6.45) is -14.0. The van der Waals surface area contributed by atoms with E-state index in [9.17, 15) is 10.6 Å². The van der Waals surface area contributed by atoms with E-state index in [1.165, 1.54) is 0 Å². The van der Waals surface area contributed by atoms with Gasteiger partial charge in [0.25, 0.3) is 0 Å². The van der Waals surface area contributed by atoms with E-state index in [-0.39, 0.29) is 105 Å². The number of hydrogen-bond donors (Lipinski definition) is 1. The molecule has 1 N–H and O–H groups in total. The van der Waals surface area contributed by atoms with Crippen molar-refractivity contribution < 1.29 is 90.4 Å². The summed E-state index contributed by atoms with van der Waals surface area (Å²) in [7, 11) is 0. The molecule has 6 heterocycles. The second-order valence-corrected chi connectivity index (χ2v) is 33.5. The summed E-state index contributed by atoms with van der Waals surface area (Å²) in [4.78, 5) is 3.50. The molecule has 22 nitrogen and oxygen atoms in total. The molecule has 0 amide bonds. The Hall–Kier alpha value is -6.13. The number of hydrogen-bond acceptors (Lipinski definition) is 20. The highest BCUT2D eigenvalue weighted by molar-refractivity contribution is 5.19. The molecule has 31 atom stereocenters. The van der Waals surface area contributed by atoms with Crippen molar-refractivity contribution in [3.05, 3.63) is 226 Å². The molecule has 114 heavy (non-hydrogen) atoms. The predicted molar refractivity (Wildman–Crippen MR) is 427 cm³/mol. The third-order valence-corrected chi connectivity index (χ3v) is 25.5. The van der Waals surface area contributed by atoms with Gasteiger partial charge in [0, 0.05) is 10.8 Å². The van der Waals surface area contributed by atoms with Crippen LogP contribution < -0.4 is 0 Å². The van der Waals surface area contributed by atoms with Crippen LogP contribution in [-0.2, 0) is 125 Å². The summed E-state index contributed by atoms with van der Waals surface area (Å²) in [5.41, 5.74) is 16.8. The Morgan fingerprint density at radius 2 is 0.675 bits per heavy atom. The lowest BCUT2D eigenvalue weighted by atomic mass is 9.78. The second kappa shape index (κ2) is 40.6. The molecule has 0 aromatic heterocycles. The Morgan fingerprint density at radius 1 is 0.333 bits per heavy atom. The molecule has 6 saturated heterocycles. The van der Waals surface area contributed by atoms with Crippen LogP contribution in [0.25, 0.3) is 10.4 Å². The first-order chi connectivity index (χ1) is 55.2. The smallest absolute Gasteiger partial charge is 0.185 e. The number of fused-ring (bicyclic) bond motifs is 1. The van der Waals surface area contributed by atoms with Crippen LogP contribution in [0.2, 0.25) is 0 Å². The lowest BCUT2D eigenvalue weighted by Gasteiger charge is -2.51. The van der Waals surface area contributed by atoms with E-state index < -0.39 is 129 Å². The quantitative estimate of drug-likeness (QED) is 0.0225. The maximum Gasteiger partial charge on any atom is 0.185 e. The number of benzene rings is 6. The molecule has 22 heteroatoms. The van der Waals surface area contributed by atoms with Crippen molar-refractivity contribution in [2.24, 2.45) is 64.3 Å². The maximum atomic E-state index is 12.1. The highest BCUT2D eigenvalue weighted by Crippen LogP contribution is 2.48. The molecular formula is C92H123N3O19. The summed E-state index contributed by atoms with van der Waals surface area (Å²) in [6.45, 7) is 29.8. The molecule has 1 saturated carbocycles. The monoisotopic (exact) mass is 1570 g/mol. The molecule has 620 valence electrons. The van der Waals surface area contributed by atoms with Crippen LogP contribution in [0.3, 0.4) is 0 Å². The zero-order valence-corrected chi connectivity index (χ0v) is 68.6. The van der Waals surface area contributed by atoms with Crippen LogP contribution in [-0.4, -0.2) is 166 Å². The summed E-state index contributed by atoms with van der Waals surface area (Å²) >= 11 is 0. The van der Waals surface area contributed by atoms with Crippen LogP contribution in [0, 0.1) is 59.2 Å². The van der Waals surface area contributed by atoms with Gasteiger partial charge in [0.2, 0.25) is 0 Å². The molecule has 13 rings (SSSR count). The molecular weight excluding hydrogens is 1450 g/mol. The minimum absolute atomic E-state index is 0.0295. The Bertz CT molecular complexity index is 3860. The van der Waals surface area contributed by atoms with Gasteiger partial charge in [-0.05, 0) is 112 Å². The summed E-state index contributed by atoms with van der Waals surface area (Å²) in [6, 6.07) is 59.3. The molecule has 0 spiro atoms.